The molecule has 128 valence electrons. The van der Waals surface area contributed by atoms with Crippen LogP contribution in [0.1, 0.15) is 31.4 Å². The summed E-state index contributed by atoms with van der Waals surface area (Å²) < 4.78 is 5.39. The van der Waals surface area contributed by atoms with E-state index in [4.69, 9.17) is 4.74 Å². The first-order valence-corrected chi connectivity index (χ1v) is 8.99. The largest absolute Gasteiger partial charge is 0.390 e. The number of hydrogen-bond donors (Lipinski definition) is 1. The highest BCUT2D eigenvalue weighted by atomic mass is 16.5. The maximum atomic E-state index is 10.6. The number of nitrogens with zero attached hydrogens (tertiary/aromatic N) is 2. The van der Waals surface area contributed by atoms with Gasteiger partial charge in [0.1, 0.15) is 0 Å². The summed E-state index contributed by atoms with van der Waals surface area (Å²) in [7, 11) is 0. The molecule has 0 amide bonds. The third-order valence-corrected chi connectivity index (χ3v) is 5.04. The second-order valence-corrected chi connectivity index (χ2v) is 7.05. The molecule has 1 N–H and O–H groups in total. The molecule has 0 aromatic heterocycles. The molecule has 3 rings (SSSR count). The minimum atomic E-state index is -0.294. The van der Waals surface area contributed by atoms with E-state index >= 15 is 0 Å². The summed E-state index contributed by atoms with van der Waals surface area (Å²) in [6.45, 7) is 8.34. The van der Waals surface area contributed by atoms with Crippen molar-refractivity contribution < 1.29 is 9.84 Å². The van der Waals surface area contributed by atoms with Gasteiger partial charge in [-0.25, -0.2) is 0 Å². The summed E-state index contributed by atoms with van der Waals surface area (Å²) in [4.78, 5) is 4.79. The zero-order chi connectivity index (χ0) is 16.1. The van der Waals surface area contributed by atoms with Gasteiger partial charge >= 0.3 is 0 Å². The van der Waals surface area contributed by atoms with E-state index in [1.165, 1.54) is 18.4 Å². The Morgan fingerprint density at radius 2 is 1.91 bits per heavy atom. The van der Waals surface area contributed by atoms with Crippen LogP contribution in [0.5, 0.6) is 0 Å². The molecular formula is C19H30N2O2. The molecule has 2 fully saturated rings. The Hall–Kier alpha value is -0.940. The number of ether oxygens (including phenoxy) is 1. The van der Waals surface area contributed by atoms with E-state index in [0.717, 1.165) is 51.9 Å². The Morgan fingerprint density at radius 3 is 2.57 bits per heavy atom. The van der Waals surface area contributed by atoms with E-state index in [9.17, 15) is 5.11 Å². The predicted octanol–water partition coefficient (Wildman–Crippen LogP) is 2.15. The van der Waals surface area contributed by atoms with Crippen LogP contribution in [0.2, 0.25) is 0 Å². The zero-order valence-corrected chi connectivity index (χ0v) is 14.2. The molecule has 4 heteroatoms. The van der Waals surface area contributed by atoms with E-state index < -0.39 is 0 Å². The van der Waals surface area contributed by atoms with Gasteiger partial charge in [-0.1, -0.05) is 30.3 Å². The molecule has 1 aliphatic heterocycles. The number of morpholine rings is 1. The molecule has 0 bridgehead atoms. The minimum absolute atomic E-state index is 0.294. The van der Waals surface area contributed by atoms with Crippen LogP contribution in [0.3, 0.4) is 0 Å². The van der Waals surface area contributed by atoms with Crippen molar-refractivity contribution in [1.29, 1.82) is 0 Å². The van der Waals surface area contributed by atoms with Crippen LogP contribution >= 0.6 is 0 Å². The van der Waals surface area contributed by atoms with E-state index in [-0.39, 0.29) is 6.10 Å². The highest BCUT2D eigenvalue weighted by molar-refractivity contribution is 5.18. The van der Waals surface area contributed by atoms with Crippen molar-refractivity contribution in [3.8, 4) is 0 Å². The van der Waals surface area contributed by atoms with E-state index in [2.05, 4.69) is 47.1 Å². The highest BCUT2D eigenvalue weighted by Crippen LogP contribution is 2.32. The summed E-state index contributed by atoms with van der Waals surface area (Å²) in [5.74, 6) is 0.830. The van der Waals surface area contributed by atoms with Gasteiger partial charge < -0.3 is 9.84 Å². The number of β-amino-alcohol motifs (C(OH)–C–C–N with tert-alkyl or cyclic N) is 1. The van der Waals surface area contributed by atoms with Crippen LogP contribution in [0, 0.1) is 5.92 Å². The zero-order valence-electron chi connectivity index (χ0n) is 14.2. The Labute approximate surface area is 140 Å². The fraction of sp³-hybridized carbons (Fsp3) is 0.684. The van der Waals surface area contributed by atoms with Crippen molar-refractivity contribution >= 4 is 0 Å². The van der Waals surface area contributed by atoms with E-state index in [0.29, 0.717) is 6.04 Å². The first-order valence-electron chi connectivity index (χ1n) is 8.99. The highest BCUT2D eigenvalue weighted by Gasteiger charge is 2.28. The lowest BCUT2D eigenvalue weighted by atomic mass is 10.1. The number of benzene rings is 1. The normalized spacial score (nSPS) is 22.2. The van der Waals surface area contributed by atoms with Gasteiger partial charge in [0.05, 0.1) is 19.3 Å². The molecule has 1 heterocycles. The van der Waals surface area contributed by atoms with Crippen LogP contribution in [-0.4, -0.2) is 66.9 Å². The molecule has 1 saturated heterocycles. The molecular weight excluding hydrogens is 288 g/mol. The van der Waals surface area contributed by atoms with Crippen LogP contribution in [0.4, 0.5) is 0 Å². The fourth-order valence-electron chi connectivity index (χ4n) is 3.38. The van der Waals surface area contributed by atoms with Gasteiger partial charge in [-0.2, -0.15) is 0 Å². The van der Waals surface area contributed by atoms with Crippen molar-refractivity contribution in [3.63, 3.8) is 0 Å². The molecule has 1 aromatic carbocycles. The maximum absolute atomic E-state index is 10.6. The molecule has 2 atom stereocenters. The summed E-state index contributed by atoms with van der Waals surface area (Å²) >= 11 is 0. The number of rotatable bonds is 8. The molecule has 0 radical (unpaired) electrons. The molecule has 1 aromatic rings. The Kier molecular flexibility index (Phi) is 6.06. The number of hydrogen-bond acceptors (Lipinski definition) is 4. The predicted molar refractivity (Wildman–Crippen MR) is 92.4 cm³/mol. The van der Waals surface area contributed by atoms with Crippen molar-refractivity contribution in [2.75, 3.05) is 45.9 Å². The van der Waals surface area contributed by atoms with E-state index in [1.807, 2.05) is 0 Å². The first kappa shape index (κ1) is 16.9. The first-order chi connectivity index (χ1) is 11.2. The van der Waals surface area contributed by atoms with Crippen LogP contribution in [0.15, 0.2) is 30.3 Å². The van der Waals surface area contributed by atoms with Crippen molar-refractivity contribution in [2.24, 2.45) is 5.92 Å². The second-order valence-electron chi connectivity index (χ2n) is 7.05. The summed E-state index contributed by atoms with van der Waals surface area (Å²) in [6.07, 6.45) is 2.40. The van der Waals surface area contributed by atoms with Crippen LogP contribution in [0.25, 0.3) is 0 Å². The Morgan fingerprint density at radius 1 is 1.22 bits per heavy atom. The molecule has 2 unspecified atom stereocenters. The average molecular weight is 318 g/mol. The molecule has 1 saturated carbocycles. The molecule has 2 aliphatic rings. The maximum Gasteiger partial charge on any atom is 0.0794 e. The standard InChI is InChI=1S/C19H30N2O2/c1-16(18-5-3-2-4-6-18)21(13-17-7-8-17)15-19(22)14-20-9-11-23-12-10-20/h2-6,16-17,19,22H,7-15H2,1H3. The number of aliphatic hydroxyl groups is 1. The molecule has 4 nitrogen and oxygen atoms in total. The third kappa shape index (κ3) is 5.28. The second kappa shape index (κ2) is 8.25. The fourth-order valence-corrected chi connectivity index (χ4v) is 3.38. The lowest BCUT2D eigenvalue weighted by Gasteiger charge is -2.34. The number of aliphatic hydroxyl groups excluding tert-OH is 1. The van der Waals surface area contributed by atoms with Gasteiger partial charge in [-0.05, 0) is 31.2 Å². The van der Waals surface area contributed by atoms with E-state index in [1.54, 1.807) is 0 Å². The quantitative estimate of drug-likeness (QED) is 0.797. The average Bonchev–Trinajstić information content (AvgIpc) is 3.39. The topological polar surface area (TPSA) is 35.9 Å². The van der Waals surface area contributed by atoms with Crippen molar-refractivity contribution in [1.82, 2.24) is 9.80 Å². The SMILES string of the molecule is CC(c1ccccc1)N(CC(O)CN1CCOCC1)CC1CC1. The lowest BCUT2D eigenvalue weighted by molar-refractivity contribution is 0.00305. The Bertz CT molecular complexity index is 458. The smallest absolute Gasteiger partial charge is 0.0794 e. The monoisotopic (exact) mass is 318 g/mol. The lowest BCUT2D eigenvalue weighted by Crippen LogP contribution is -2.45. The van der Waals surface area contributed by atoms with Gasteiger partial charge in [-0.3, -0.25) is 9.80 Å². The van der Waals surface area contributed by atoms with Gasteiger partial charge in [-0.15, -0.1) is 0 Å². The van der Waals surface area contributed by atoms with Crippen molar-refractivity contribution in [3.05, 3.63) is 35.9 Å². The Balaban J connectivity index is 1.56. The summed E-state index contributed by atoms with van der Waals surface area (Å²) in [5.41, 5.74) is 1.34. The summed E-state index contributed by atoms with van der Waals surface area (Å²) in [6, 6.07) is 11.0. The van der Waals surface area contributed by atoms with Crippen molar-refractivity contribution in [2.45, 2.75) is 31.9 Å². The van der Waals surface area contributed by atoms with Gasteiger partial charge in [0.25, 0.3) is 0 Å². The van der Waals surface area contributed by atoms with Crippen LogP contribution in [-0.2, 0) is 4.74 Å². The third-order valence-electron chi connectivity index (χ3n) is 5.04. The van der Waals surface area contributed by atoms with Gasteiger partial charge in [0.2, 0.25) is 0 Å². The molecule has 0 spiro atoms. The summed E-state index contributed by atoms with van der Waals surface area (Å²) in [5, 5.41) is 10.6. The van der Waals surface area contributed by atoms with Gasteiger partial charge in [0.15, 0.2) is 0 Å². The molecule has 23 heavy (non-hydrogen) atoms. The van der Waals surface area contributed by atoms with Crippen LogP contribution < -0.4 is 0 Å². The molecule has 1 aliphatic carbocycles. The van der Waals surface area contributed by atoms with Gasteiger partial charge in [0, 0.05) is 38.8 Å². The minimum Gasteiger partial charge on any atom is -0.390 e.